The summed E-state index contributed by atoms with van der Waals surface area (Å²) in [7, 11) is 0. The number of allylic oxidation sites excluding steroid dienone is 4. The van der Waals surface area contributed by atoms with Gasteiger partial charge in [-0.05, 0) is 45.9 Å². The topological polar surface area (TPSA) is 0 Å². The molecule has 0 spiro atoms. The minimum atomic E-state index is 0.267. The molecule has 0 fully saturated rings. The minimum absolute atomic E-state index is 0.267. The van der Waals surface area contributed by atoms with Crippen molar-refractivity contribution >= 4 is 5.57 Å². The molecule has 0 saturated carbocycles. The summed E-state index contributed by atoms with van der Waals surface area (Å²) in [6.45, 7) is 9.45. The molecule has 3 rings (SSSR count). The Morgan fingerprint density at radius 1 is 1.11 bits per heavy atom. The van der Waals surface area contributed by atoms with Gasteiger partial charge in [0.2, 0.25) is 0 Å². The second-order valence-corrected chi connectivity index (χ2v) is 7.02. The molecule has 1 aromatic carbocycles. The quantitative estimate of drug-likeness (QED) is 0.596. The lowest BCUT2D eigenvalue weighted by Crippen LogP contribution is -2.32. The van der Waals surface area contributed by atoms with Crippen LogP contribution in [0.3, 0.4) is 0 Å². The zero-order valence-corrected chi connectivity index (χ0v) is 11.9. The van der Waals surface area contributed by atoms with Gasteiger partial charge in [-0.1, -0.05) is 64.1 Å². The number of fused-ring (bicyclic) bond motifs is 2. The lowest BCUT2D eigenvalue weighted by molar-refractivity contribution is 0.173. The molecule has 0 saturated heterocycles. The molecule has 94 valence electrons. The molecule has 2 aliphatic carbocycles. The van der Waals surface area contributed by atoms with Gasteiger partial charge in [0.05, 0.1) is 0 Å². The predicted octanol–water partition coefficient (Wildman–Crippen LogP) is 5.01. The molecule has 0 aliphatic heterocycles. The zero-order valence-electron chi connectivity index (χ0n) is 11.9. The first-order chi connectivity index (χ1) is 8.41. The molecule has 0 amide bonds. The first kappa shape index (κ1) is 11.8. The summed E-state index contributed by atoms with van der Waals surface area (Å²) in [5.74, 6) is 0. The molecule has 0 N–H and O–H groups in total. The predicted molar refractivity (Wildman–Crippen MR) is 78.4 cm³/mol. The van der Waals surface area contributed by atoms with Crippen LogP contribution in [0.5, 0.6) is 0 Å². The van der Waals surface area contributed by atoms with E-state index in [4.69, 9.17) is 0 Å². The number of hydrogen-bond donors (Lipinski definition) is 0. The van der Waals surface area contributed by atoms with Crippen molar-refractivity contribution < 1.29 is 0 Å². The van der Waals surface area contributed by atoms with E-state index in [-0.39, 0.29) is 5.41 Å². The van der Waals surface area contributed by atoms with Gasteiger partial charge in [0.15, 0.2) is 0 Å². The van der Waals surface area contributed by atoms with E-state index in [9.17, 15) is 0 Å². The monoisotopic (exact) mass is 238 g/mol. The third kappa shape index (κ3) is 1.59. The van der Waals surface area contributed by atoms with Gasteiger partial charge in [0, 0.05) is 0 Å². The second kappa shape index (κ2) is 3.60. The molecule has 1 unspecified atom stereocenters. The lowest BCUT2D eigenvalue weighted by atomic mass is 9.62. The average Bonchev–Trinajstić information content (AvgIpc) is 2.66. The van der Waals surface area contributed by atoms with Gasteiger partial charge < -0.3 is 0 Å². The Labute approximate surface area is 110 Å². The molecule has 2 aliphatic rings. The summed E-state index contributed by atoms with van der Waals surface area (Å²) in [5.41, 5.74) is 6.70. The molecule has 0 nitrogen and oxygen atoms in total. The van der Waals surface area contributed by atoms with E-state index in [1.807, 2.05) is 0 Å². The summed E-state index contributed by atoms with van der Waals surface area (Å²) >= 11 is 0. The highest BCUT2D eigenvalue weighted by Gasteiger charge is 2.39. The summed E-state index contributed by atoms with van der Waals surface area (Å²) < 4.78 is 0. The van der Waals surface area contributed by atoms with Gasteiger partial charge in [-0.3, -0.25) is 0 Å². The van der Waals surface area contributed by atoms with Gasteiger partial charge in [-0.25, -0.2) is 0 Å². The minimum Gasteiger partial charge on any atom is -0.0774 e. The van der Waals surface area contributed by atoms with E-state index >= 15 is 0 Å². The van der Waals surface area contributed by atoms with Crippen LogP contribution in [0.2, 0.25) is 0 Å². The van der Waals surface area contributed by atoms with Crippen molar-refractivity contribution in [3.8, 4) is 0 Å². The van der Waals surface area contributed by atoms with Crippen molar-refractivity contribution in [2.24, 2.45) is 10.8 Å². The first-order valence-electron chi connectivity index (χ1n) is 6.90. The van der Waals surface area contributed by atoms with Gasteiger partial charge in [0.25, 0.3) is 0 Å². The van der Waals surface area contributed by atoms with Crippen molar-refractivity contribution in [1.29, 1.82) is 0 Å². The van der Waals surface area contributed by atoms with Crippen molar-refractivity contribution in [1.82, 2.24) is 0 Å². The van der Waals surface area contributed by atoms with Crippen molar-refractivity contribution in [2.45, 2.75) is 40.5 Å². The highest BCUT2D eigenvalue weighted by Crippen LogP contribution is 2.52. The molecule has 18 heavy (non-hydrogen) atoms. The number of rotatable bonds is 0. The fourth-order valence-electron chi connectivity index (χ4n) is 3.05. The highest BCUT2D eigenvalue weighted by atomic mass is 14.4. The maximum absolute atomic E-state index is 2.44. The highest BCUT2D eigenvalue weighted by molar-refractivity contribution is 5.80. The normalized spacial score (nSPS) is 26.2. The third-order valence-electron chi connectivity index (χ3n) is 5.02. The first-order valence-corrected chi connectivity index (χ1v) is 6.90. The molecule has 0 radical (unpaired) electrons. The Kier molecular flexibility index (Phi) is 2.35. The SMILES string of the molecule is CC(C)(C)C1(C)C=CC2=C(C1)c1ccccc1C2. The fraction of sp³-hybridized carbons (Fsp3) is 0.444. The van der Waals surface area contributed by atoms with Crippen molar-refractivity contribution in [3.63, 3.8) is 0 Å². The molecular weight excluding hydrogens is 216 g/mol. The second-order valence-electron chi connectivity index (χ2n) is 7.02. The molecular formula is C18H22. The smallest absolute Gasteiger partial charge is 0.00169 e. The molecule has 0 bridgehead atoms. The van der Waals surface area contributed by atoms with Gasteiger partial charge in [-0.15, -0.1) is 0 Å². The Hall–Kier alpha value is -1.30. The Morgan fingerprint density at radius 2 is 1.83 bits per heavy atom. The third-order valence-corrected chi connectivity index (χ3v) is 5.02. The molecule has 0 heteroatoms. The molecule has 0 heterocycles. The Morgan fingerprint density at radius 3 is 2.56 bits per heavy atom. The molecule has 1 aromatic rings. The Bertz CT molecular complexity index is 552. The van der Waals surface area contributed by atoms with E-state index < -0.39 is 0 Å². The maximum Gasteiger partial charge on any atom is -0.00169 e. The van der Waals surface area contributed by atoms with Crippen LogP contribution in [0.1, 0.15) is 45.2 Å². The average molecular weight is 238 g/mol. The van der Waals surface area contributed by atoms with Crippen molar-refractivity contribution in [2.75, 3.05) is 0 Å². The van der Waals surface area contributed by atoms with Crippen LogP contribution in [0.4, 0.5) is 0 Å². The lowest BCUT2D eigenvalue weighted by Gasteiger charge is -2.42. The van der Waals surface area contributed by atoms with Crippen LogP contribution < -0.4 is 0 Å². The number of benzene rings is 1. The number of hydrogen-bond acceptors (Lipinski definition) is 0. The van der Waals surface area contributed by atoms with Crippen LogP contribution in [0.25, 0.3) is 5.57 Å². The maximum atomic E-state index is 2.44. The van der Waals surface area contributed by atoms with Crippen LogP contribution in [-0.2, 0) is 6.42 Å². The van der Waals surface area contributed by atoms with Gasteiger partial charge in [-0.2, -0.15) is 0 Å². The summed E-state index contributed by atoms with van der Waals surface area (Å²) in [5, 5.41) is 0. The van der Waals surface area contributed by atoms with Crippen molar-refractivity contribution in [3.05, 3.63) is 53.1 Å². The van der Waals surface area contributed by atoms with Gasteiger partial charge >= 0.3 is 0 Å². The van der Waals surface area contributed by atoms with E-state index in [1.165, 1.54) is 23.1 Å². The summed E-state index contributed by atoms with van der Waals surface area (Å²) in [4.78, 5) is 0. The van der Waals surface area contributed by atoms with Crippen LogP contribution >= 0.6 is 0 Å². The van der Waals surface area contributed by atoms with Crippen LogP contribution in [0.15, 0.2) is 42.0 Å². The molecule has 0 aromatic heterocycles. The fourth-order valence-corrected chi connectivity index (χ4v) is 3.05. The van der Waals surface area contributed by atoms with E-state index in [1.54, 1.807) is 5.57 Å². The van der Waals surface area contributed by atoms with Crippen LogP contribution in [0, 0.1) is 10.8 Å². The van der Waals surface area contributed by atoms with Crippen LogP contribution in [-0.4, -0.2) is 0 Å². The van der Waals surface area contributed by atoms with E-state index in [2.05, 4.69) is 64.1 Å². The summed E-state index contributed by atoms with van der Waals surface area (Å²) in [6.07, 6.45) is 7.13. The standard InChI is InChI=1S/C18H22/c1-17(2,3)18(4)10-9-14-11-13-7-5-6-8-15(13)16(14)12-18/h5-10H,11-12H2,1-4H3. The van der Waals surface area contributed by atoms with E-state index in [0.717, 1.165) is 6.42 Å². The molecule has 1 atom stereocenters. The largest absolute Gasteiger partial charge is 0.0774 e. The summed E-state index contributed by atoms with van der Waals surface area (Å²) in [6, 6.07) is 8.89. The van der Waals surface area contributed by atoms with Gasteiger partial charge in [0.1, 0.15) is 0 Å². The Balaban J connectivity index is 2.03. The zero-order chi connectivity index (χ0) is 13.0. The van der Waals surface area contributed by atoms with E-state index in [0.29, 0.717) is 5.41 Å².